The number of likely N-dealkylation sites (tertiary alicyclic amines) is 1. The van der Waals surface area contributed by atoms with Crippen LogP contribution in [-0.2, 0) is 0 Å². The van der Waals surface area contributed by atoms with Crippen LogP contribution in [0.4, 0.5) is 0 Å². The van der Waals surface area contributed by atoms with Gasteiger partial charge in [0, 0.05) is 13.0 Å². The third-order valence-electron chi connectivity index (χ3n) is 3.43. The number of carbonyl (C=O) groups is 1. The lowest BCUT2D eigenvalue weighted by atomic mass is 9.93. The largest absolute Gasteiger partial charge is 0.303 e. The lowest BCUT2D eigenvalue weighted by molar-refractivity contribution is 0.0979. The summed E-state index contributed by atoms with van der Waals surface area (Å²) in [6, 6.07) is 3.87. The van der Waals surface area contributed by atoms with Crippen LogP contribution in [0.25, 0.3) is 0 Å². The van der Waals surface area contributed by atoms with Gasteiger partial charge in [-0.2, -0.15) is 0 Å². The van der Waals surface area contributed by atoms with Crippen molar-refractivity contribution in [3.8, 4) is 0 Å². The summed E-state index contributed by atoms with van der Waals surface area (Å²) in [6.45, 7) is 8.09. The Bertz CT molecular complexity index is 370. The summed E-state index contributed by atoms with van der Waals surface area (Å²) in [6.07, 6.45) is 2.97. The van der Waals surface area contributed by atoms with Crippen LogP contribution in [0.3, 0.4) is 0 Å². The summed E-state index contributed by atoms with van der Waals surface area (Å²) in [4.78, 5) is 15.2. The summed E-state index contributed by atoms with van der Waals surface area (Å²) < 4.78 is 0. The third-order valence-corrected chi connectivity index (χ3v) is 4.34. The Morgan fingerprint density at radius 3 is 2.94 bits per heavy atom. The average molecular weight is 251 g/mol. The lowest BCUT2D eigenvalue weighted by Crippen LogP contribution is -2.24. The SMILES string of the molecule is CC1(C)CCN(CCCC(=O)c2cccs2)C1. The van der Waals surface area contributed by atoms with Gasteiger partial charge in [0.1, 0.15) is 0 Å². The first-order chi connectivity index (χ1) is 8.07. The zero-order chi connectivity index (χ0) is 12.3. The van der Waals surface area contributed by atoms with E-state index in [2.05, 4.69) is 18.7 Å². The fourth-order valence-corrected chi connectivity index (χ4v) is 3.13. The molecule has 94 valence electrons. The van der Waals surface area contributed by atoms with E-state index in [0.29, 0.717) is 17.6 Å². The van der Waals surface area contributed by atoms with Crippen molar-refractivity contribution in [3.05, 3.63) is 22.4 Å². The van der Waals surface area contributed by atoms with Gasteiger partial charge in [0.25, 0.3) is 0 Å². The monoisotopic (exact) mass is 251 g/mol. The Morgan fingerprint density at radius 2 is 2.35 bits per heavy atom. The minimum Gasteiger partial charge on any atom is -0.303 e. The van der Waals surface area contributed by atoms with Gasteiger partial charge in [0.2, 0.25) is 0 Å². The highest BCUT2D eigenvalue weighted by Crippen LogP contribution is 2.28. The molecular weight excluding hydrogens is 230 g/mol. The third kappa shape index (κ3) is 3.65. The van der Waals surface area contributed by atoms with E-state index in [1.54, 1.807) is 11.3 Å². The zero-order valence-electron chi connectivity index (χ0n) is 10.7. The molecule has 2 nitrogen and oxygen atoms in total. The maximum absolute atomic E-state index is 11.8. The van der Waals surface area contributed by atoms with E-state index in [4.69, 9.17) is 0 Å². The number of rotatable bonds is 5. The van der Waals surface area contributed by atoms with Crippen molar-refractivity contribution in [1.29, 1.82) is 0 Å². The first kappa shape index (κ1) is 12.8. The normalized spacial score (nSPS) is 19.6. The van der Waals surface area contributed by atoms with Crippen LogP contribution in [0.5, 0.6) is 0 Å². The maximum Gasteiger partial charge on any atom is 0.172 e. The van der Waals surface area contributed by atoms with Crippen LogP contribution in [-0.4, -0.2) is 30.3 Å². The molecule has 1 aliphatic rings. The molecule has 0 radical (unpaired) electrons. The average Bonchev–Trinajstić information content (AvgIpc) is 2.87. The second-order valence-electron chi connectivity index (χ2n) is 5.69. The van der Waals surface area contributed by atoms with E-state index in [0.717, 1.165) is 17.8 Å². The second kappa shape index (κ2) is 5.32. The van der Waals surface area contributed by atoms with Crippen LogP contribution in [0, 0.1) is 5.41 Å². The lowest BCUT2D eigenvalue weighted by Gasteiger charge is -2.19. The van der Waals surface area contributed by atoms with Crippen molar-refractivity contribution in [2.24, 2.45) is 5.41 Å². The van der Waals surface area contributed by atoms with E-state index < -0.39 is 0 Å². The Morgan fingerprint density at radius 1 is 1.53 bits per heavy atom. The molecule has 1 fully saturated rings. The topological polar surface area (TPSA) is 20.3 Å². The maximum atomic E-state index is 11.8. The highest BCUT2D eigenvalue weighted by atomic mass is 32.1. The molecule has 3 heteroatoms. The second-order valence-corrected chi connectivity index (χ2v) is 6.64. The van der Waals surface area contributed by atoms with Crippen molar-refractivity contribution in [2.45, 2.75) is 33.1 Å². The van der Waals surface area contributed by atoms with Gasteiger partial charge < -0.3 is 4.90 Å². The molecule has 0 N–H and O–H groups in total. The van der Waals surface area contributed by atoms with Gasteiger partial charge in [-0.3, -0.25) is 4.79 Å². The van der Waals surface area contributed by atoms with Crippen LogP contribution in [0.2, 0.25) is 0 Å². The first-order valence-electron chi connectivity index (χ1n) is 6.36. The van der Waals surface area contributed by atoms with Gasteiger partial charge in [-0.05, 0) is 42.8 Å². The highest BCUT2D eigenvalue weighted by molar-refractivity contribution is 7.12. The van der Waals surface area contributed by atoms with Gasteiger partial charge in [-0.25, -0.2) is 0 Å². The minimum atomic E-state index is 0.304. The first-order valence-corrected chi connectivity index (χ1v) is 7.24. The Balaban J connectivity index is 1.69. The summed E-state index contributed by atoms with van der Waals surface area (Å²) in [7, 11) is 0. The molecule has 1 saturated heterocycles. The van der Waals surface area contributed by atoms with Crippen LogP contribution in [0.1, 0.15) is 42.8 Å². The summed E-state index contributed by atoms with van der Waals surface area (Å²) >= 11 is 1.55. The van der Waals surface area contributed by atoms with Crippen LogP contribution >= 0.6 is 11.3 Å². The van der Waals surface area contributed by atoms with E-state index in [1.807, 2.05) is 17.5 Å². The fourth-order valence-electron chi connectivity index (χ4n) is 2.44. The predicted octanol–water partition coefficient (Wildman–Crippen LogP) is 3.44. The highest BCUT2D eigenvalue weighted by Gasteiger charge is 2.28. The molecule has 0 aromatic carbocycles. The van der Waals surface area contributed by atoms with Crippen molar-refractivity contribution in [2.75, 3.05) is 19.6 Å². The molecule has 0 amide bonds. The minimum absolute atomic E-state index is 0.304. The molecule has 1 aromatic heterocycles. The molecule has 1 aromatic rings. The Kier molecular flexibility index (Phi) is 4.00. The van der Waals surface area contributed by atoms with Gasteiger partial charge in [0.05, 0.1) is 4.88 Å². The number of nitrogens with zero attached hydrogens (tertiary/aromatic N) is 1. The van der Waals surface area contributed by atoms with Crippen LogP contribution in [0.15, 0.2) is 17.5 Å². The number of ketones is 1. The number of hydrogen-bond donors (Lipinski definition) is 0. The standard InChI is InChI=1S/C14H21NOS/c1-14(2)7-9-15(11-14)8-3-5-12(16)13-6-4-10-17-13/h4,6,10H,3,5,7-9,11H2,1-2H3. The van der Waals surface area contributed by atoms with E-state index in [-0.39, 0.29) is 0 Å². The van der Waals surface area contributed by atoms with Gasteiger partial charge in [-0.1, -0.05) is 19.9 Å². The van der Waals surface area contributed by atoms with Gasteiger partial charge >= 0.3 is 0 Å². The van der Waals surface area contributed by atoms with E-state index in [9.17, 15) is 4.79 Å². The van der Waals surface area contributed by atoms with Crippen molar-refractivity contribution >= 4 is 17.1 Å². The molecule has 0 saturated carbocycles. The van der Waals surface area contributed by atoms with Crippen molar-refractivity contribution < 1.29 is 4.79 Å². The molecule has 1 aliphatic heterocycles. The molecule has 0 bridgehead atoms. The summed E-state index contributed by atoms with van der Waals surface area (Å²) in [5.41, 5.74) is 0.470. The van der Waals surface area contributed by atoms with Crippen molar-refractivity contribution in [3.63, 3.8) is 0 Å². The summed E-state index contributed by atoms with van der Waals surface area (Å²) in [5.74, 6) is 0.304. The predicted molar refractivity (Wildman–Crippen MR) is 72.7 cm³/mol. The number of carbonyl (C=O) groups excluding carboxylic acids is 1. The van der Waals surface area contributed by atoms with Gasteiger partial charge in [-0.15, -0.1) is 11.3 Å². The Hall–Kier alpha value is -0.670. The molecule has 0 unspecified atom stereocenters. The molecular formula is C14H21NOS. The van der Waals surface area contributed by atoms with Gasteiger partial charge in [0.15, 0.2) is 5.78 Å². The molecule has 0 atom stereocenters. The number of hydrogen-bond acceptors (Lipinski definition) is 3. The van der Waals surface area contributed by atoms with Crippen LogP contribution < -0.4 is 0 Å². The van der Waals surface area contributed by atoms with E-state index in [1.165, 1.54) is 19.5 Å². The quantitative estimate of drug-likeness (QED) is 0.747. The summed E-state index contributed by atoms with van der Waals surface area (Å²) in [5, 5.41) is 1.97. The number of Topliss-reactive ketones (excluding diaryl/α,β-unsaturated/α-hetero) is 1. The molecule has 2 heterocycles. The smallest absolute Gasteiger partial charge is 0.172 e. The molecule has 17 heavy (non-hydrogen) atoms. The molecule has 0 spiro atoms. The molecule has 2 rings (SSSR count). The number of thiophene rings is 1. The van der Waals surface area contributed by atoms with Crippen molar-refractivity contribution in [1.82, 2.24) is 4.90 Å². The fraction of sp³-hybridized carbons (Fsp3) is 0.643. The Labute approximate surface area is 108 Å². The van der Waals surface area contributed by atoms with E-state index >= 15 is 0 Å². The molecule has 0 aliphatic carbocycles. The zero-order valence-corrected chi connectivity index (χ0v) is 11.6.